The van der Waals surface area contributed by atoms with Crippen LogP contribution in [0.4, 0.5) is 8.78 Å². The van der Waals surface area contributed by atoms with Gasteiger partial charge in [-0.3, -0.25) is 0 Å². The Labute approximate surface area is 107 Å². The molecule has 0 bridgehead atoms. The van der Waals surface area contributed by atoms with E-state index in [0.29, 0.717) is 12.8 Å². The maximum absolute atomic E-state index is 13.7. The highest BCUT2D eigenvalue weighted by atomic mass is 19.1. The van der Waals surface area contributed by atoms with Gasteiger partial charge in [0.15, 0.2) is 0 Å². The topological polar surface area (TPSA) is 21.3 Å². The maximum Gasteiger partial charge on any atom is 0.130 e. The molecule has 0 aromatic heterocycles. The molecule has 2 nitrogen and oxygen atoms in total. The molecule has 0 fully saturated rings. The van der Waals surface area contributed by atoms with Crippen molar-refractivity contribution in [2.24, 2.45) is 0 Å². The summed E-state index contributed by atoms with van der Waals surface area (Å²) in [5.74, 6) is -1.02. The normalized spacial score (nSPS) is 13.7. The van der Waals surface area contributed by atoms with Crippen LogP contribution in [-0.4, -0.2) is 19.8 Å². The van der Waals surface area contributed by atoms with Crippen molar-refractivity contribution in [3.63, 3.8) is 0 Å². The number of hydrogen-bond donors (Lipinski definition) is 1. The number of nitrogens with one attached hydrogen (secondary N) is 1. The summed E-state index contributed by atoms with van der Waals surface area (Å²) in [6.45, 7) is 3.91. The number of hydrogen-bond acceptors (Lipinski definition) is 2. The van der Waals surface area contributed by atoms with Gasteiger partial charge < -0.3 is 10.1 Å². The van der Waals surface area contributed by atoms with Crippen LogP contribution in [0.2, 0.25) is 0 Å². The second kappa shape index (κ2) is 6.25. The molecule has 1 rings (SSSR count). The van der Waals surface area contributed by atoms with Gasteiger partial charge in [-0.15, -0.1) is 0 Å². The first-order valence-electron chi connectivity index (χ1n) is 6.07. The van der Waals surface area contributed by atoms with Crippen molar-refractivity contribution in [2.45, 2.75) is 38.3 Å². The van der Waals surface area contributed by atoms with E-state index in [9.17, 15) is 8.78 Å². The van der Waals surface area contributed by atoms with E-state index in [4.69, 9.17) is 4.74 Å². The predicted molar refractivity (Wildman–Crippen MR) is 68.5 cm³/mol. The molecule has 102 valence electrons. The zero-order valence-corrected chi connectivity index (χ0v) is 11.4. The van der Waals surface area contributed by atoms with Gasteiger partial charge in [0.2, 0.25) is 0 Å². The zero-order chi connectivity index (χ0) is 13.8. The SMILES string of the molecule is CNC(CCC(C)(C)OC)c1c(F)cccc1F. The van der Waals surface area contributed by atoms with Crippen LogP contribution in [0.25, 0.3) is 0 Å². The summed E-state index contributed by atoms with van der Waals surface area (Å²) in [5, 5.41) is 2.96. The fourth-order valence-electron chi connectivity index (χ4n) is 1.87. The fourth-order valence-corrected chi connectivity index (χ4v) is 1.87. The highest BCUT2D eigenvalue weighted by molar-refractivity contribution is 5.23. The number of ether oxygens (including phenoxy) is 1. The molecule has 1 aromatic rings. The van der Waals surface area contributed by atoms with Gasteiger partial charge in [-0.25, -0.2) is 8.78 Å². The summed E-state index contributed by atoms with van der Waals surface area (Å²) in [4.78, 5) is 0. The number of benzene rings is 1. The molecule has 1 N–H and O–H groups in total. The molecule has 1 unspecified atom stereocenters. The minimum Gasteiger partial charge on any atom is -0.379 e. The molecule has 1 aromatic carbocycles. The molecule has 0 aliphatic rings. The highest BCUT2D eigenvalue weighted by Crippen LogP contribution is 2.27. The maximum atomic E-state index is 13.7. The lowest BCUT2D eigenvalue weighted by atomic mass is 9.94. The van der Waals surface area contributed by atoms with Crippen molar-refractivity contribution in [1.82, 2.24) is 5.32 Å². The zero-order valence-electron chi connectivity index (χ0n) is 11.4. The van der Waals surface area contributed by atoms with Crippen LogP contribution in [0.3, 0.4) is 0 Å². The Hall–Kier alpha value is -1.00. The van der Waals surface area contributed by atoms with E-state index < -0.39 is 11.6 Å². The van der Waals surface area contributed by atoms with Gasteiger partial charge in [-0.2, -0.15) is 0 Å². The van der Waals surface area contributed by atoms with Gasteiger partial charge >= 0.3 is 0 Å². The van der Waals surface area contributed by atoms with Crippen LogP contribution in [0.1, 0.15) is 38.3 Å². The largest absolute Gasteiger partial charge is 0.379 e. The molecule has 0 aliphatic heterocycles. The van der Waals surface area contributed by atoms with Gasteiger partial charge in [0.1, 0.15) is 11.6 Å². The molecule has 4 heteroatoms. The Morgan fingerprint density at radius 1 is 1.28 bits per heavy atom. The minimum absolute atomic E-state index is 0.104. The summed E-state index contributed by atoms with van der Waals surface area (Å²) in [6.07, 6.45) is 1.32. The molecule has 0 amide bonds. The Balaban J connectivity index is 2.84. The fraction of sp³-hybridized carbons (Fsp3) is 0.571. The van der Waals surface area contributed by atoms with Crippen molar-refractivity contribution in [2.75, 3.05) is 14.2 Å². The smallest absolute Gasteiger partial charge is 0.130 e. The Morgan fingerprint density at radius 2 is 1.83 bits per heavy atom. The molecule has 0 aliphatic carbocycles. The number of halogens is 2. The third-order valence-electron chi connectivity index (χ3n) is 3.28. The summed E-state index contributed by atoms with van der Waals surface area (Å²) in [7, 11) is 3.34. The van der Waals surface area contributed by atoms with Crippen LogP contribution >= 0.6 is 0 Å². The van der Waals surface area contributed by atoms with E-state index in [2.05, 4.69) is 5.32 Å². The lowest BCUT2D eigenvalue weighted by Gasteiger charge is -2.26. The lowest BCUT2D eigenvalue weighted by molar-refractivity contribution is 0.0117. The van der Waals surface area contributed by atoms with Crippen LogP contribution < -0.4 is 5.32 Å². The molecule has 0 saturated carbocycles. The quantitative estimate of drug-likeness (QED) is 0.843. The summed E-state index contributed by atoms with van der Waals surface area (Å²) < 4.78 is 32.7. The van der Waals surface area contributed by atoms with Crippen molar-refractivity contribution in [3.05, 3.63) is 35.4 Å². The van der Waals surface area contributed by atoms with Crippen LogP contribution in [-0.2, 0) is 4.74 Å². The van der Waals surface area contributed by atoms with Gasteiger partial charge in [0, 0.05) is 18.7 Å². The summed E-state index contributed by atoms with van der Waals surface area (Å²) >= 11 is 0. The molecule has 18 heavy (non-hydrogen) atoms. The van der Waals surface area contributed by atoms with E-state index in [-0.39, 0.29) is 17.2 Å². The van der Waals surface area contributed by atoms with Crippen molar-refractivity contribution < 1.29 is 13.5 Å². The summed E-state index contributed by atoms with van der Waals surface area (Å²) in [5.41, 5.74) is -0.191. The molecule has 0 heterocycles. The van der Waals surface area contributed by atoms with Gasteiger partial charge in [-0.1, -0.05) is 6.07 Å². The van der Waals surface area contributed by atoms with Gasteiger partial charge in [0.05, 0.1) is 5.60 Å². The first-order chi connectivity index (χ1) is 8.41. The van der Waals surface area contributed by atoms with Gasteiger partial charge in [-0.05, 0) is 45.9 Å². The molecular formula is C14H21F2NO. The molecular weight excluding hydrogens is 236 g/mol. The average Bonchev–Trinajstić information content (AvgIpc) is 2.33. The third kappa shape index (κ3) is 3.75. The van der Waals surface area contributed by atoms with Crippen molar-refractivity contribution in [1.29, 1.82) is 0 Å². The van der Waals surface area contributed by atoms with Gasteiger partial charge in [0.25, 0.3) is 0 Å². The molecule has 1 atom stereocenters. The Morgan fingerprint density at radius 3 is 2.28 bits per heavy atom. The number of rotatable bonds is 6. The van der Waals surface area contributed by atoms with E-state index in [1.165, 1.54) is 18.2 Å². The van der Waals surface area contributed by atoms with Crippen LogP contribution in [0, 0.1) is 11.6 Å². The van der Waals surface area contributed by atoms with E-state index in [1.54, 1.807) is 14.2 Å². The van der Waals surface area contributed by atoms with E-state index >= 15 is 0 Å². The molecule has 0 radical (unpaired) electrons. The average molecular weight is 257 g/mol. The first-order valence-corrected chi connectivity index (χ1v) is 6.07. The van der Waals surface area contributed by atoms with Crippen LogP contribution in [0.15, 0.2) is 18.2 Å². The first kappa shape index (κ1) is 15.1. The predicted octanol–water partition coefficient (Wildman–Crippen LogP) is 3.43. The number of methoxy groups -OCH3 is 1. The van der Waals surface area contributed by atoms with E-state index in [0.717, 1.165) is 0 Å². The lowest BCUT2D eigenvalue weighted by Crippen LogP contribution is -2.26. The highest BCUT2D eigenvalue weighted by Gasteiger charge is 2.23. The minimum atomic E-state index is -0.510. The monoisotopic (exact) mass is 257 g/mol. The second-order valence-electron chi connectivity index (χ2n) is 4.98. The van der Waals surface area contributed by atoms with Crippen molar-refractivity contribution >= 4 is 0 Å². The molecule has 0 spiro atoms. The van der Waals surface area contributed by atoms with Crippen molar-refractivity contribution in [3.8, 4) is 0 Å². The second-order valence-corrected chi connectivity index (χ2v) is 4.98. The third-order valence-corrected chi connectivity index (χ3v) is 3.28. The summed E-state index contributed by atoms with van der Waals surface area (Å²) in [6, 6.07) is 3.59. The Kier molecular flexibility index (Phi) is 5.23. The Bertz CT molecular complexity index is 373. The molecule has 0 saturated heterocycles. The standard InChI is InChI=1S/C14H21F2NO/c1-14(2,18-4)9-8-12(17-3)13-10(15)6-5-7-11(13)16/h5-7,12,17H,8-9H2,1-4H3. The van der Waals surface area contributed by atoms with E-state index in [1.807, 2.05) is 13.8 Å². The van der Waals surface area contributed by atoms with Crippen LogP contribution in [0.5, 0.6) is 0 Å².